The Morgan fingerprint density at radius 1 is 1.10 bits per heavy atom. The van der Waals surface area contributed by atoms with Crippen molar-refractivity contribution >= 4 is 15.9 Å². The van der Waals surface area contributed by atoms with Gasteiger partial charge in [0.05, 0.1) is 30.5 Å². The van der Waals surface area contributed by atoms with Crippen LogP contribution in [0.1, 0.15) is 18.5 Å². The topological polar surface area (TPSA) is 27.1 Å². The molecule has 0 N–H and O–H groups in total. The number of alkyl halides is 6. The van der Waals surface area contributed by atoms with Crippen molar-refractivity contribution in [3.05, 3.63) is 16.4 Å². The first-order valence-electron chi connectivity index (χ1n) is 5.50. The molecule has 1 rings (SSSR count). The number of aryl methyl sites for hydroxylation is 1. The Balaban J connectivity index is 2.42. The number of halogens is 7. The van der Waals surface area contributed by atoms with Gasteiger partial charge in [-0.1, -0.05) is 0 Å². The molecule has 0 unspecified atom stereocenters. The molecule has 0 radical (unpaired) electrons. The van der Waals surface area contributed by atoms with Gasteiger partial charge in [0.2, 0.25) is 0 Å². The average molecular weight is 369 g/mol. The standard InChI is InChI=1S/C10H11BrF6N2O/c11-7-5-19(3-1-9(12,13)14)18-8(7)6-20-4-2-10(15,16)17/h5H,1-4,6H2. The van der Waals surface area contributed by atoms with Crippen LogP contribution >= 0.6 is 15.9 Å². The minimum absolute atomic E-state index is 0.199. The van der Waals surface area contributed by atoms with E-state index in [1.807, 2.05) is 0 Å². The molecule has 0 aliphatic carbocycles. The molecule has 0 aliphatic heterocycles. The lowest BCUT2D eigenvalue weighted by atomic mass is 10.4. The van der Waals surface area contributed by atoms with Gasteiger partial charge in [-0.05, 0) is 15.9 Å². The molecule has 0 aliphatic rings. The van der Waals surface area contributed by atoms with E-state index in [9.17, 15) is 26.3 Å². The van der Waals surface area contributed by atoms with Crippen molar-refractivity contribution < 1.29 is 31.1 Å². The minimum Gasteiger partial charge on any atom is -0.375 e. The Kier molecular flexibility index (Phi) is 5.87. The van der Waals surface area contributed by atoms with E-state index in [-0.39, 0.29) is 18.8 Å². The summed E-state index contributed by atoms with van der Waals surface area (Å²) in [6, 6.07) is 0. The van der Waals surface area contributed by atoms with Crippen molar-refractivity contribution in [2.24, 2.45) is 0 Å². The Labute approximate surface area is 119 Å². The number of ether oxygens (including phenoxy) is 1. The van der Waals surface area contributed by atoms with Crippen LogP contribution in [0.4, 0.5) is 26.3 Å². The van der Waals surface area contributed by atoms with Crippen LogP contribution in [0.5, 0.6) is 0 Å². The van der Waals surface area contributed by atoms with Gasteiger partial charge in [-0.3, -0.25) is 4.68 Å². The summed E-state index contributed by atoms with van der Waals surface area (Å²) < 4.78 is 77.9. The van der Waals surface area contributed by atoms with E-state index in [1.54, 1.807) is 0 Å². The molecule has 0 bridgehead atoms. The summed E-state index contributed by atoms with van der Waals surface area (Å²) in [4.78, 5) is 0. The summed E-state index contributed by atoms with van der Waals surface area (Å²) in [7, 11) is 0. The maximum atomic E-state index is 12.0. The fourth-order valence-corrected chi connectivity index (χ4v) is 1.68. The van der Waals surface area contributed by atoms with Gasteiger partial charge < -0.3 is 4.74 Å². The summed E-state index contributed by atoms with van der Waals surface area (Å²) in [6.07, 6.45) is -9.38. The minimum atomic E-state index is -4.30. The van der Waals surface area contributed by atoms with Crippen molar-refractivity contribution in [3.8, 4) is 0 Å². The number of rotatable bonds is 6. The monoisotopic (exact) mass is 368 g/mol. The van der Waals surface area contributed by atoms with Crippen LogP contribution in [0.2, 0.25) is 0 Å². The molecule has 0 atom stereocenters. The SMILES string of the molecule is FC(F)(F)CCOCc1nn(CCC(F)(F)F)cc1Br. The second kappa shape index (κ2) is 6.79. The van der Waals surface area contributed by atoms with E-state index in [0.29, 0.717) is 4.47 Å². The predicted octanol–water partition coefficient (Wildman–Crippen LogP) is 4.07. The normalized spacial score (nSPS) is 12.9. The molecule has 0 saturated carbocycles. The van der Waals surface area contributed by atoms with Crippen molar-refractivity contribution in [2.45, 2.75) is 38.3 Å². The van der Waals surface area contributed by atoms with Crippen LogP contribution in [0.15, 0.2) is 10.7 Å². The lowest BCUT2D eigenvalue weighted by Crippen LogP contribution is -2.13. The Bertz CT molecular complexity index is 428. The van der Waals surface area contributed by atoms with Gasteiger partial charge in [0.1, 0.15) is 5.69 Å². The van der Waals surface area contributed by atoms with E-state index in [4.69, 9.17) is 4.74 Å². The highest BCUT2D eigenvalue weighted by Gasteiger charge is 2.27. The van der Waals surface area contributed by atoms with Gasteiger partial charge in [0.15, 0.2) is 0 Å². The van der Waals surface area contributed by atoms with Crippen LogP contribution in [0.25, 0.3) is 0 Å². The second-order valence-electron chi connectivity index (χ2n) is 3.97. The molecule has 0 spiro atoms. The van der Waals surface area contributed by atoms with Gasteiger partial charge in [-0.25, -0.2) is 0 Å². The fraction of sp³-hybridized carbons (Fsp3) is 0.700. The molecule has 0 fully saturated rings. The highest BCUT2D eigenvalue weighted by Crippen LogP contribution is 2.22. The highest BCUT2D eigenvalue weighted by atomic mass is 79.9. The number of nitrogens with zero attached hydrogens (tertiary/aromatic N) is 2. The van der Waals surface area contributed by atoms with Gasteiger partial charge in [-0.2, -0.15) is 31.4 Å². The van der Waals surface area contributed by atoms with Gasteiger partial charge in [0.25, 0.3) is 0 Å². The third-order valence-electron chi connectivity index (χ3n) is 2.18. The zero-order valence-corrected chi connectivity index (χ0v) is 11.6. The fourth-order valence-electron chi connectivity index (χ4n) is 1.25. The number of hydrogen-bond donors (Lipinski definition) is 0. The molecule has 1 aromatic heterocycles. The first-order chi connectivity index (χ1) is 9.07. The Hall–Kier alpha value is -0.770. The van der Waals surface area contributed by atoms with Gasteiger partial charge in [-0.15, -0.1) is 0 Å². The van der Waals surface area contributed by atoms with Gasteiger partial charge in [0, 0.05) is 12.7 Å². The summed E-state index contributed by atoms with van der Waals surface area (Å²) in [5.41, 5.74) is 0.259. The first-order valence-corrected chi connectivity index (χ1v) is 6.29. The maximum absolute atomic E-state index is 12.0. The van der Waals surface area contributed by atoms with Crippen molar-refractivity contribution in [3.63, 3.8) is 0 Å². The second-order valence-corrected chi connectivity index (χ2v) is 4.82. The maximum Gasteiger partial charge on any atom is 0.391 e. The molecule has 1 heterocycles. The molecule has 116 valence electrons. The molecule has 0 aromatic carbocycles. The molecule has 10 heteroatoms. The van der Waals surface area contributed by atoms with Crippen LogP contribution in [0.3, 0.4) is 0 Å². The highest BCUT2D eigenvalue weighted by molar-refractivity contribution is 9.10. The quantitative estimate of drug-likeness (QED) is 0.559. The van der Waals surface area contributed by atoms with Crippen molar-refractivity contribution in [1.82, 2.24) is 9.78 Å². The lowest BCUT2D eigenvalue weighted by molar-refractivity contribution is -0.146. The largest absolute Gasteiger partial charge is 0.391 e. The smallest absolute Gasteiger partial charge is 0.375 e. The van der Waals surface area contributed by atoms with Crippen LogP contribution in [0, 0.1) is 0 Å². The van der Waals surface area contributed by atoms with Crippen molar-refractivity contribution in [2.75, 3.05) is 6.61 Å². The Morgan fingerprint density at radius 3 is 2.25 bits per heavy atom. The summed E-state index contributed by atoms with van der Waals surface area (Å²) in [5, 5.41) is 3.81. The van der Waals surface area contributed by atoms with E-state index in [2.05, 4.69) is 21.0 Å². The van der Waals surface area contributed by atoms with E-state index in [0.717, 1.165) is 4.68 Å². The summed E-state index contributed by atoms with van der Waals surface area (Å²) in [5.74, 6) is 0. The number of aromatic nitrogens is 2. The zero-order chi connectivity index (χ0) is 15.4. The molecule has 0 saturated heterocycles. The summed E-state index contributed by atoms with van der Waals surface area (Å²) >= 11 is 3.06. The van der Waals surface area contributed by atoms with Crippen LogP contribution in [-0.2, 0) is 17.9 Å². The average Bonchev–Trinajstić information content (AvgIpc) is 2.61. The molecule has 0 amide bonds. The van der Waals surface area contributed by atoms with Gasteiger partial charge >= 0.3 is 12.4 Å². The number of hydrogen-bond acceptors (Lipinski definition) is 2. The third-order valence-corrected chi connectivity index (χ3v) is 2.84. The summed E-state index contributed by atoms with van der Waals surface area (Å²) in [6.45, 7) is -1.08. The molecule has 1 aromatic rings. The zero-order valence-electron chi connectivity index (χ0n) is 10.1. The van der Waals surface area contributed by atoms with Crippen molar-refractivity contribution in [1.29, 1.82) is 0 Å². The Morgan fingerprint density at radius 2 is 1.70 bits per heavy atom. The molecular formula is C10H11BrF6N2O. The van der Waals surface area contributed by atoms with Crippen LogP contribution in [-0.4, -0.2) is 28.7 Å². The van der Waals surface area contributed by atoms with Crippen LogP contribution < -0.4 is 0 Å². The van der Waals surface area contributed by atoms with E-state index < -0.39 is 31.8 Å². The predicted molar refractivity (Wildman–Crippen MR) is 60.9 cm³/mol. The third kappa shape index (κ3) is 7.13. The lowest BCUT2D eigenvalue weighted by Gasteiger charge is -2.06. The first kappa shape index (κ1) is 17.3. The molecule has 3 nitrogen and oxygen atoms in total. The van der Waals surface area contributed by atoms with E-state index in [1.165, 1.54) is 6.20 Å². The van der Waals surface area contributed by atoms with E-state index >= 15 is 0 Å². The molecular weight excluding hydrogens is 358 g/mol. The molecule has 20 heavy (non-hydrogen) atoms.